The number of esters is 1. The molecule has 0 spiro atoms. The van der Waals surface area contributed by atoms with E-state index in [1.807, 2.05) is 0 Å². The Morgan fingerprint density at radius 3 is 2.74 bits per heavy atom. The fraction of sp³-hybridized carbons (Fsp3) is 0.211. The normalized spacial score (nSPS) is 21.2. The fourth-order valence-electron chi connectivity index (χ4n) is 3.40. The Bertz CT molecular complexity index is 962. The lowest BCUT2D eigenvalue weighted by Gasteiger charge is -2.29. The number of nitrogens with zero attached hydrogens (tertiary/aromatic N) is 1. The third kappa shape index (κ3) is 3.15. The molecular formula is C19H14Cl2N2O4. The summed E-state index contributed by atoms with van der Waals surface area (Å²) in [5, 5.41) is 3.47. The van der Waals surface area contributed by atoms with Crippen molar-refractivity contribution in [1.82, 2.24) is 4.90 Å². The molecule has 2 aromatic carbocycles. The highest BCUT2D eigenvalue weighted by Gasteiger charge is 2.46. The SMILES string of the molecule is O=C1O[C@H](N2C(=O)CC[C@@H]2C(=O)Nc2cc(Cl)ccc2Cl)c2ccccc21. The number of anilines is 1. The van der Waals surface area contributed by atoms with Crippen LogP contribution in [0.25, 0.3) is 0 Å². The Morgan fingerprint density at radius 2 is 1.93 bits per heavy atom. The molecule has 2 heterocycles. The minimum Gasteiger partial charge on any atom is -0.433 e. The smallest absolute Gasteiger partial charge is 0.340 e. The predicted octanol–water partition coefficient (Wildman–Crippen LogP) is 3.79. The Hall–Kier alpha value is -2.57. The largest absolute Gasteiger partial charge is 0.433 e. The number of carbonyl (C=O) groups is 3. The van der Waals surface area contributed by atoms with Crippen molar-refractivity contribution in [2.24, 2.45) is 0 Å². The molecule has 2 aliphatic rings. The number of nitrogens with one attached hydrogen (secondary N) is 1. The van der Waals surface area contributed by atoms with Gasteiger partial charge in [-0.2, -0.15) is 0 Å². The van der Waals surface area contributed by atoms with Crippen LogP contribution in [0.2, 0.25) is 10.0 Å². The summed E-state index contributed by atoms with van der Waals surface area (Å²) < 4.78 is 5.40. The van der Waals surface area contributed by atoms with Crippen LogP contribution in [0.5, 0.6) is 0 Å². The maximum Gasteiger partial charge on any atom is 0.340 e. The van der Waals surface area contributed by atoms with Crippen molar-refractivity contribution >= 4 is 46.7 Å². The molecule has 2 amide bonds. The number of ether oxygens (including phenoxy) is 1. The standard InChI is InChI=1S/C19H14Cl2N2O4/c20-10-5-6-13(21)14(9-10)22-17(25)15-7-8-16(24)23(15)18-11-3-1-2-4-12(11)19(26)27-18/h1-6,9,15,18H,7-8H2,(H,22,25)/t15-,18+/m1/s1. The van der Waals surface area contributed by atoms with E-state index >= 15 is 0 Å². The summed E-state index contributed by atoms with van der Waals surface area (Å²) in [4.78, 5) is 38.7. The predicted molar refractivity (Wildman–Crippen MR) is 99.6 cm³/mol. The van der Waals surface area contributed by atoms with E-state index in [0.717, 1.165) is 0 Å². The van der Waals surface area contributed by atoms with Crippen molar-refractivity contribution in [2.75, 3.05) is 5.32 Å². The van der Waals surface area contributed by atoms with E-state index in [1.54, 1.807) is 36.4 Å². The lowest BCUT2D eigenvalue weighted by Crippen LogP contribution is -2.43. The second kappa shape index (κ2) is 6.87. The second-order valence-electron chi connectivity index (χ2n) is 6.31. The van der Waals surface area contributed by atoms with Crippen molar-refractivity contribution in [3.8, 4) is 0 Å². The average Bonchev–Trinajstić information content (AvgIpc) is 3.18. The van der Waals surface area contributed by atoms with Gasteiger partial charge in [0, 0.05) is 17.0 Å². The van der Waals surface area contributed by atoms with Crippen LogP contribution in [0.4, 0.5) is 5.69 Å². The van der Waals surface area contributed by atoms with Crippen LogP contribution in [0.1, 0.15) is 35.0 Å². The highest BCUT2D eigenvalue weighted by atomic mass is 35.5. The van der Waals surface area contributed by atoms with Gasteiger partial charge in [0.15, 0.2) is 0 Å². The number of likely N-dealkylation sites (tertiary alicyclic amines) is 1. The highest BCUT2D eigenvalue weighted by Crippen LogP contribution is 2.38. The van der Waals surface area contributed by atoms with E-state index in [2.05, 4.69) is 5.32 Å². The molecule has 0 aliphatic carbocycles. The zero-order valence-corrected chi connectivity index (χ0v) is 15.5. The Kier molecular flexibility index (Phi) is 4.53. The molecule has 1 N–H and O–H groups in total. The van der Waals surface area contributed by atoms with Gasteiger partial charge in [-0.05, 0) is 30.7 Å². The van der Waals surface area contributed by atoms with Gasteiger partial charge in [0.05, 0.1) is 16.3 Å². The van der Waals surface area contributed by atoms with Crippen molar-refractivity contribution in [3.63, 3.8) is 0 Å². The number of rotatable bonds is 3. The van der Waals surface area contributed by atoms with E-state index in [1.165, 1.54) is 11.0 Å². The third-order valence-electron chi connectivity index (χ3n) is 4.66. The molecule has 2 atom stereocenters. The van der Waals surface area contributed by atoms with Crippen LogP contribution >= 0.6 is 23.2 Å². The quantitative estimate of drug-likeness (QED) is 0.789. The summed E-state index contributed by atoms with van der Waals surface area (Å²) >= 11 is 12.1. The molecule has 8 heteroatoms. The molecule has 1 fully saturated rings. The van der Waals surface area contributed by atoms with Crippen molar-refractivity contribution < 1.29 is 19.1 Å². The van der Waals surface area contributed by atoms with Gasteiger partial charge >= 0.3 is 5.97 Å². The van der Waals surface area contributed by atoms with Crippen LogP contribution in [-0.4, -0.2) is 28.7 Å². The van der Waals surface area contributed by atoms with E-state index in [0.29, 0.717) is 33.3 Å². The monoisotopic (exact) mass is 404 g/mol. The van der Waals surface area contributed by atoms with Gasteiger partial charge in [-0.25, -0.2) is 4.79 Å². The molecule has 2 aromatic rings. The lowest BCUT2D eigenvalue weighted by atomic mass is 10.1. The van der Waals surface area contributed by atoms with Crippen LogP contribution in [-0.2, 0) is 14.3 Å². The number of cyclic esters (lactones) is 1. The molecule has 6 nitrogen and oxygen atoms in total. The topological polar surface area (TPSA) is 75.7 Å². The molecule has 0 aromatic heterocycles. The van der Waals surface area contributed by atoms with Crippen LogP contribution in [0.15, 0.2) is 42.5 Å². The van der Waals surface area contributed by atoms with E-state index in [9.17, 15) is 14.4 Å². The number of hydrogen-bond acceptors (Lipinski definition) is 4. The first-order valence-electron chi connectivity index (χ1n) is 8.32. The summed E-state index contributed by atoms with van der Waals surface area (Å²) in [6.45, 7) is 0. The molecular weight excluding hydrogens is 391 g/mol. The molecule has 2 aliphatic heterocycles. The van der Waals surface area contributed by atoms with Gasteiger partial charge in [-0.15, -0.1) is 0 Å². The Labute approximate surface area is 165 Å². The summed E-state index contributed by atoms with van der Waals surface area (Å²) in [7, 11) is 0. The summed E-state index contributed by atoms with van der Waals surface area (Å²) in [6.07, 6.45) is -0.398. The Balaban J connectivity index is 1.62. The van der Waals surface area contributed by atoms with Crippen LogP contribution in [0, 0.1) is 0 Å². The lowest BCUT2D eigenvalue weighted by molar-refractivity contribution is -0.144. The summed E-state index contributed by atoms with van der Waals surface area (Å²) in [5.74, 6) is -1.17. The van der Waals surface area contributed by atoms with Crippen LogP contribution in [0.3, 0.4) is 0 Å². The van der Waals surface area contributed by atoms with Crippen molar-refractivity contribution in [1.29, 1.82) is 0 Å². The maximum atomic E-state index is 12.8. The van der Waals surface area contributed by atoms with E-state index in [-0.39, 0.29) is 12.3 Å². The van der Waals surface area contributed by atoms with Gasteiger partial charge in [0.25, 0.3) is 0 Å². The molecule has 1 saturated heterocycles. The maximum absolute atomic E-state index is 12.8. The highest BCUT2D eigenvalue weighted by molar-refractivity contribution is 6.35. The molecule has 0 unspecified atom stereocenters. The first-order valence-corrected chi connectivity index (χ1v) is 9.08. The zero-order chi connectivity index (χ0) is 19.1. The molecule has 27 heavy (non-hydrogen) atoms. The second-order valence-corrected chi connectivity index (χ2v) is 7.16. The van der Waals surface area contributed by atoms with Crippen molar-refractivity contribution in [3.05, 3.63) is 63.6 Å². The minimum atomic E-state index is -0.908. The first kappa shape index (κ1) is 17.8. The fourth-order valence-corrected chi connectivity index (χ4v) is 3.73. The molecule has 0 saturated carbocycles. The number of benzene rings is 2. The molecule has 0 radical (unpaired) electrons. The number of carbonyl (C=O) groups excluding carboxylic acids is 3. The van der Waals surface area contributed by atoms with E-state index in [4.69, 9.17) is 27.9 Å². The number of halogens is 2. The number of amides is 2. The molecule has 138 valence electrons. The molecule has 4 rings (SSSR count). The van der Waals surface area contributed by atoms with Gasteiger partial charge in [0.2, 0.25) is 18.0 Å². The Morgan fingerprint density at radius 1 is 1.15 bits per heavy atom. The summed E-state index contributed by atoms with van der Waals surface area (Å²) in [6, 6.07) is 10.8. The zero-order valence-electron chi connectivity index (χ0n) is 13.9. The molecule has 0 bridgehead atoms. The summed E-state index contributed by atoms with van der Waals surface area (Å²) in [5.41, 5.74) is 1.34. The number of fused-ring (bicyclic) bond motifs is 1. The van der Waals surface area contributed by atoms with Crippen molar-refractivity contribution in [2.45, 2.75) is 25.1 Å². The van der Waals surface area contributed by atoms with Gasteiger partial charge < -0.3 is 10.1 Å². The minimum absolute atomic E-state index is 0.192. The van der Waals surface area contributed by atoms with Gasteiger partial charge in [-0.1, -0.05) is 41.4 Å². The van der Waals surface area contributed by atoms with Crippen LogP contribution < -0.4 is 5.32 Å². The van der Waals surface area contributed by atoms with Gasteiger partial charge in [-0.3, -0.25) is 14.5 Å². The first-order chi connectivity index (χ1) is 13.0. The van der Waals surface area contributed by atoms with E-state index < -0.39 is 24.1 Å². The van der Waals surface area contributed by atoms with Gasteiger partial charge in [0.1, 0.15) is 6.04 Å². The number of hydrogen-bond donors (Lipinski definition) is 1. The third-order valence-corrected chi connectivity index (χ3v) is 5.23. The average molecular weight is 405 g/mol.